The van der Waals surface area contributed by atoms with Crippen LogP contribution in [0, 0.1) is 0 Å². The second kappa shape index (κ2) is 11.2. The van der Waals surface area contributed by atoms with Crippen molar-refractivity contribution in [3.63, 3.8) is 0 Å². The molecule has 1 heterocycles. The molecule has 0 aliphatic carbocycles. The lowest BCUT2D eigenvalue weighted by molar-refractivity contribution is 0.588. The monoisotopic (exact) mass is 462 g/mol. The zero-order valence-electron chi connectivity index (χ0n) is 23.4. The van der Waals surface area contributed by atoms with Crippen LogP contribution in [-0.2, 0) is 10.8 Å². The van der Waals surface area contributed by atoms with E-state index in [1.54, 1.807) is 0 Å². The van der Waals surface area contributed by atoms with Crippen LogP contribution in [0.15, 0.2) is 36.4 Å². The van der Waals surface area contributed by atoms with E-state index in [0.717, 1.165) is 13.1 Å². The molecule has 0 N–H and O–H groups in total. The van der Waals surface area contributed by atoms with Gasteiger partial charge in [0.05, 0.1) is 22.7 Å². The standard InChI is InChI=1S/C32H50N2/c1-9-11-13-15-21-33-27-19-17-26(32(6,7)8)24-30(27)34(22-16-14-12-10-2)28-20-18-25(23-29(28)33)31(3,4)5/h17-20,23-24H,9-16,21-22H2,1-8H3. The average Bonchev–Trinajstić information content (AvgIpc) is 2.78. The van der Waals surface area contributed by atoms with Crippen molar-refractivity contribution >= 4 is 22.7 Å². The van der Waals surface area contributed by atoms with E-state index in [2.05, 4.69) is 102 Å². The van der Waals surface area contributed by atoms with Crippen molar-refractivity contribution in [2.24, 2.45) is 0 Å². The number of nitrogens with zero attached hydrogens (tertiary/aromatic N) is 2. The fraction of sp³-hybridized carbons (Fsp3) is 0.625. The van der Waals surface area contributed by atoms with E-state index < -0.39 is 0 Å². The number of rotatable bonds is 10. The van der Waals surface area contributed by atoms with Gasteiger partial charge < -0.3 is 9.80 Å². The molecule has 0 radical (unpaired) electrons. The normalized spacial score (nSPS) is 13.8. The van der Waals surface area contributed by atoms with Crippen LogP contribution in [0.25, 0.3) is 0 Å². The van der Waals surface area contributed by atoms with E-state index in [1.807, 2.05) is 0 Å². The third-order valence-corrected chi connectivity index (χ3v) is 7.32. The summed E-state index contributed by atoms with van der Waals surface area (Å²) >= 11 is 0. The van der Waals surface area contributed by atoms with Gasteiger partial charge in [0.25, 0.3) is 0 Å². The van der Waals surface area contributed by atoms with E-state index in [4.69, 9.17) is 0 Å². The fourth-order valence-corrected chi connectivity index (χ4v) is 5.00. The Bertz CT molecular complexity index is 852. The Balaban J connectivity index is 2.10. The average molecular weight is 463 g/mol. The van der Waals surface area contributed by atoms with Gasteiger partial charge in [-0.3, -0.25) is 0 Å². The first-order valence-corrected chi connectivity index (χ1v) is 13.9. The van der Waals surface area contributed by atoms with Gasteiger partial charge in [0.15, 0.2) is 0 Å². The molecular weight excluding hydrogens is 412 g/mol. The topological polar surface area (TPSA) is 6.48 Å². The van der Waals surface area contributed by atoms with Crippen molar-refractivity contribution < 1.29 is 0 Å². The molecule has 3 rings (SSSR count). The van der Waals surface area contributed by atoms with Crippen LogP contribution >= 0.6 is 0 Å². The zero-order chi connectivity index (χ0) is 24.9. The van der Waals surface area contributed by atoms with E-state index >= 15 is 0 Å². The molecule has 0 bridgehead atoms. The molecule has 0 amide bonds. The van der Waals surface area contributed by atoms with Crippen LogP contribution in [0.4, 0.5) is 22.7 Å². The van der Waals surface area contributed by atoms with Crippen molar-refractivity contribution in [1.29, 1.82) is 0 Å². The maximum atomic E-state index is 2.63. The third-order valence-electron chi connectivity index (χ3n) is 7.32. The third kappa shape index (κ3) is 6.18. The van der Waals surface area contributed by atoms with E-state index in [0.29, 0.717) is 0 Å². The fourth-order valence-electron chi connectivity index (χ4n) is 5.00. The highest BCUT2D eigenvalue weighted by molar-refractivity contribution is 5.93. The van der Waals surface area contributed by atoms with Crippen LogP contribution in [-0.4, -0.2) is 13.1 Å². The van der Waals surface area contributed by atoms with Crippen molar-refractivity contribution in [2.75, 3.05) is 22.9 Å². The Kier molecular flexibility index (Phi) is 8.77. The molecule has 0 unspecified atom stereocenters. The van der Waals surface area contributed by atoms with E-state index in [9.17, 15) is 0 Å². The predicted molar refractivity (Wildman–Crippen MR) is 153 cm³/mol. The molecule has 2 aromatic carbocycles. The molecule has 0 spiro atoms. The number of fused-ring (bicyclic) bond motifs is 2. The molecule has 2 nitrogen and oxygen atoms in total. The second-order valence-corrected chi connectivity index (χ2v) is 12.3. The van der Waals surface area contributed by atoms with Crippen LogP contribution in [0.5, 0.6) is 0 Å². The van der Waals surface area contributed by atoms with Crippen molar-refractivity contribution in [1.82, 2.24) is 0 Å². The molecule has 0 saturated carbocycles. The SMILES string of the molecule is CCCCCCN1c2ccc(C(C)(C)C)cc2N(CCCCCC)c2ccc(C(C)(C)C)cc21. The Morgan fingerprint density at radius 3 is 1.21 bits per heavy atom. The molecule has 0 atom stereocenters. The Labute approximate surface area is 210 Å². The summed E-state index contributed by atoms with van der Waals surface area (Å²) in [6.45, 7) is 20.7. The molecule has 0 saturated heterocycles. The summed E-state index contributed by atoms with van der Waals surface area (Å²) in [6.07, 6.45) is 10.3. The van der Waals surface area contributed by atoms with Gasteiger partial charge >= 0.3 is 0 Å². The quantitative estimate of drug-likeness (QED) is 0.324. The lowest BCUT2D eigenvalue weighted by Gasteiger charge is -2.42. The Hall–Kier alpha value is -1.96. The summed E-state index contributed by atoms with van der Waals surface area (Å²) < 4.78 is 0. The first-order chi connectivity index (χ1) is 16.1. The van der Waals surface area contributed by atoms with Crippen molar-refractivity contribution in [2.45, 2.75) is 118 Å². The van der Waals surface area contributed by atoms with Crippen LogP contribution in [0.3, 0.4) is 0 Å². The minimum atomic E-state index is 0.144. The number of hydrogen-bond donors (Lipinski definition) is 0. The van der Waals surface area contributed by atoms with Gasteiger partial charge in [0, 0.05) is 13.1 Å². The first-order valence-electron chi connectivity index (χ1n) is 13.9. The van der Waals surface area contributed by atoms with Gasteiger partial charge in [-0.1, -0.05) is 106 Å². The number of unbranched alkanes of at least 4 members (excludes halogenated alkanes) is 6. The highest BCUT2D eigenvalue weighted by Gasteiger charge is 2.30. The molecule has 0 aromatic heterocycles. The Morgan fingerprint density at radius 2 is 0.882 bits per heavy atom. The maximum absolute atomic E-state index is 2.63. The molecule has 2 aromatic rings. The van der Waals surface area contributed by atoms with Crippen LogP contribution in [0.2, 0.25) is 0 Å². The van der Waals surface area contributed by atoms with E-state index in [1.165, 1.54) is 85.2 Å². The number of hydrogen-bond acceptors (Lipinski definition) is 2. The highest BCUT2D eigenvalue weighted by Crippen LogP contribution is 2.50. The smallest absolute Gasteiger partial charge is 0.0655 e. The van der Waals surface area contributed by atoms with Gasteiger partial charge in [-0.25, -0.2) is 0 Å². The predicted octanol–water partition coefficient (Wildman–Crippen LogP) is 10.0. The first kappa shape index (κ1) is 26.6. The van der Waals surface area contributed by atoms with Gasteiger partial charge in [-0.15, -0.1) is 0 Å². The lowest BCUT2D eigenvalue weighted by Crippen LogP contribution is -2.32. The second-order valence-electron chi connectivity index (χ2n) is 12.3. The summed E-state index contributed by atoms with van der Waals surface area (Å²) in [5, 5.41) is 0. The Morgan fingerprint density at radius 1 is 0.500 bits per heavy atom. The van der Waals surface area contributed by atoms with Gasteiger partial charge in [-0.05, 0) is 59.1 Å². The lowest BCUT2D eigenvalue weighted by atomic mass is 9.85. The minimum Gasteiger partial charge on any atom is -0.338 e. The van der Waals surface area contributed by atoms with Crippen LogP contribution < -0.4 is 9.80 Å². The van der Waals surface area contributed by atoms with Crippen molar-refractivity contribution in [3.8, 4) is 0 Å². The summed E-state index contributed by atoms with van der Waals surface area (Å²) in [4.78, 5) is 5.26. The van der Waals surface area contributed by atoms with Crippen LogP contribution in [0.1, 0.15) is 118 Å². The molecule has 1 aliphatic heterocycles. The highest BCUT2D eigenvalue weighted by atomic mass is 15.3. The number of anilines is 4. The van der Waals surface area contributed by atoms with Crippen molar-refractivity contribution in [3.05, 3.63) is 47.5 Å². The van der Waals surface area contributed by atoms with Gasteiger partial charge in [-0.2, -0.15) is 0 Å². The molecule has 1 aliphatic rings. The molecule has 2 heteroatoms. The minimum absolute atomic E-state index is 0.144. The molecular formula is C32H50N2. The molecule has 34 heavy (non-hydrogen) atoms. The summed E-state index contributed by atoms with van der Waals surface area (Å²) in [7, 11) is 0. The summed E-state index contributed by atoms with van der Waals surface area (Å²) in [6, 6.07) is 14.5. The zero-order valence-corrected chi connectivity index (χ0v) is 23.4. The largest absolute Gasteiger partial charge is 0.338 e. The molecule has 188 valence electrons. The maximum Gasteiger partial charge on any atom is 0.0655 e. The summed E-state index contributed by atoms with van der Waals surface area (Å²) in [5.41, 5.74) is 8.70. The number of benzene rings is 2. The van der Waals surface area contributed by atoms with E-state index in [-0.39, 0.29) is 10.8 Å². The summed E-state index contributed by atoms with van der Waals surface area (Å²) in [5.74, 6) is 0. The molecule has 0 fully saturated rings. The van der Waals surface area contributed by atoms with Gasteiger partial charge in [0.2, 0.25) is 0 Å². The van der Waals surface area contributed by atoms with Gasteiger partial charge in [0.1, 0.15) is 0 Å².